The van der Waals surface area contributed by atoms with Crippen LogP contribution in [0.4, 0.5) is 5.69 Å². The molecule has 2 aliphatic rings. The summed E-state index contributed by atoms with van der Waals surface area (Å²) in [5.41, 5.74) is 5.14. The van der Waals surface area contributed by atoms with Gasteiger partial charge in [0.15, 0.2) is 0 Å². The Balaban J connectivity index is 1.17. The smallest absolute Gasteiger partial charge is 0.255 e. The molecule has 0 aromatic heterocycles. The minimum Gasteiger partial charge on any atom is -0.322 e. The zero-order chi connectivity index (χ0) is 19.6. The molecule has 0 unspecified atom stereocenters. The average Bonchev–Trinajstić information content (AvgIpc) is 3.69. The van der Waals surface area contributed by atoms with Gasteiger partial charge in [0.2, 0.25) is 0 Å². The van der Waals surface area contributed by atoms with Crippen LogP contribution in [0.5, 0.6) is 0 Å². The summed E-state index contributed by atoms with van der Waals surface area (Å²) in [4.78, 5) is 12.6. The Kier molecular flexibility index (Phi) is 4.91. The summed E-state index contributed by atoms with van der Waals surface area (Å²) in [7, 11) is 0. The molecule has 2 atom stereocenters. The first-order valence-electron chi connectivity index (χ1n) is 10.6. The largest absolute Gasteiger partial charge is 0.322 e. The summed E-state index contributed by atoms with van der Waals surface area (Å²) in [6, 6.07) is 26.9. The van der Waals surface area contributed by atoms with Gasteiger partial charge in [0.1, 0.15) is 0 Å². The number of benzene rings is 3. The number of carbonyl (C=O) groups is 1. The molecule has 1 amide bonds. The third-order valence-corrected chi connectivity index (χ3v) is 6.01. The summed E-state index contributed by atoms with van der Waals surface area (Å²) >= 11 is 0. The van der Waals surface area contributed by atoms with Gasteiger partial charge in [-0.05, 0) is 72.7 Å². The van der Waals surface area contributed by atoms with Crippen molar-refractivity contribution in [3.8, 4) is 11.1 Å². The predicted octanol–water partition coefficient (Wildman–Crippen LogP) is 5.46. The highest BCUT2D eigenvalue weighted by Gasteiger charge is 2.38. The van der Waals surface area contributed by atoms with Crippen molar-refractivity contribution >= 4 is 11.6 Å². The number of carbonyl (C=O) groups excluding carboxylic acids is 1. The molecule has 2 N–H and O–H groups in total. The highest BCUT2D eigenvalue weighted by Crippen LogP contribution is 2.41. The van der Waals surface area contributed by atoms with Crippen LogP contribution in [0.2, 0.25) is 0 Å². The van der Waals surface area contributed by atoms with Gasteiger partial charge in [-0.25, -0.2) is 0 Å². The van der Waals surface area contributed by atoms with Crippen LogP contribution >= 0.6 is 0 Å². The molecule has 3 nitrogen and oxygen atoms in total. The van der Waals surface area contributed by atoms with Crippen molar-refractivity contribution in [1.82, 2.24) is 5.32 Å². The van der Waals surface area contributed by atoms with Crippen LogP contribution in [0.25, 0.3) is 11.1 Å². The Morgan fingerprint density at radius 1 is 0.828 bits per heavy atom. The normalized spacial score (nSPS) is 20.3. The maximum absolute atomic E-state index is 12.6. The fourth-order valence-electron chi connectivity index (χ4n) is 3.89. The Labute approximate surface area is 172 Å². The quantitative estimate of drug-likeness (QED) is 0.569. The number of hydrogen-bond donors (Lipinski definition) is 2. The van der Waals surface area contributed by atoms with Crippen molar-refractivity contribution in [3.63, 3.8) is 0 Å². The standard InChI is InChI=1S/C26H26N2O/c29-26(22-10-8-20(9-11-22)19-4-2-1-3-5-19)28-23-14-12-21(13-15-23)24-16-25(24)27-17-18-6-7-18/h1-5,8-15,18,24-25,27H,6-7,16-17H2,(H,28,29)/t24-,25+/m1/s1. The molecule has 0 spiro atoms. The third kappa shape index (κ3) is 4.41. The van der Waals surface area contributed by atoms with E-state index < -0.39 is 0 Å². The number of anilines is 1. The van der Waals surface area contributed by atoms with Crippen LogP contribution < -0.4 is 10.6 Å². The lowest BCUT2D eigenvalue weighted by Crippen LogP contribution is -2.20. The molecule has 0 aliphatic heterocycles. The second-order valence-electron chi connectivity index (χ2n) is 8.32. The van der Waals surface area contributed by atoms with E-state index in [0.29, 0.717) is 17.5 Å². The Hall–Kier alpha value is -2.91. The molecule has 2 fully saturated rings. The topological polar surface area (TPSA) is 41.1 Å². The maximum atomic E-state index is 12.6. The van der Waals surface area contributed by atoms with E-state index in [4.69, 9.17) is 0 Å². The van der Waals surface area contributed by atoms with Crippen molar-refractivity contribution in [3.05, 3.63) is 90.0 Å². The summed E-state index contributed by atoms with van der Waals surface area (Å²) in [5, 5.41) is 6.69. The van der Waals surface area contributed by atoms with Crippen LogP contribution in [-0.2, 0) is 0 Å². The Morgan fingerprint density at radius 3 is 2.21 bits per heavy atom. The summed E-state index contributed by atoms with van der Waals surface area (Å²) in [6.07, 6.45) is 4.02. The molecule has 0 heterocycles. The lowest BCUT2D eigenvalue weighted by Gasteiger charge is -2.08. The van der Waals surface area contributed by atoms with Gasteiger partial charge >= 0.3 is 0 Å². The Morgan fingerprint density at radius 2 is 1.52 bits per heavy atom. The van der Waals surface area contributed by atoms with E-state index >= 15 is 0 Å². The summed E-state index contributed by atoms with van der Waals surface area (Å²) in [5.74, 6) is 1.48. The van der Waals surface area contributed by atoms with Crippen molar-refractivity contribution in [2.75, 3.05) is 11.9 Å². The van der Waals surface area contributed by atoms with Crippen molar-refractivity contribution in [2.24, 2.45) is 5.92 Å². The molecule has 0 bridgehead atoms. The zero-order valence-corrected chi connectivity index (χ0v) is 16.5. The molecule has 5 rings (SSSR count). The highest BCUT2D eigenvalue weighted by atomic mass is 16.1. The van der Waals surface area contributed by atoms with E-state index in [2.05, 4.69) is 34.9 Å². The molecule has 29 heavy (non-hydrogen) atoms. The van der Waals surface area contributed by atoms with Gasteiger partial charge in [-0.3, -0.25) is 4.79 Å². The van der Waals surface area contributed by atoms with Crippen LogP contribution in [-0.4, -0.2) is 18.5 Å². The minimum atomic E-state index is -0.0761. The molecule has 3 heteroatoms. The first-order chi connectivity index (χ1) is 14.3. The molecule has 3 aromatic rings. The predicted molar refractivity (Wildman–Crippen MR) is 118 cm³/mol. The third-order valence-electron chi connectivity index (χ3n) is 6.01. The SMILES string of the molecule is O=C(Nc1ccc([C@H]2C[C@@H]2NCC2CC2)cc1)c1ccc(-c2ccccc2)cc1. The Bertz CT molecular complexity index is 975. The number of hydrogen-bond acceptors (Lipinski definition) is 2. The monoisotopic (exact) mass is 382 g/mol. The first kappa shape index (κ1) is 18.1. The first-order valence-corrected chi connectivity index (χ1v) is 10.6. The molecular formula is C26H26N2O. The van der Waals surface area contributed by atoms with Crippen molar-refractivity contribution in [1.29, 1.82) is 0 Å². The molecule has 0 radical (unpaired) electrons. The lowest BCUT2D eigenvalue weighted by molar-refractivity contribution is 0.102. The second kappa shape index (κ2) is 7.84. The molecule has 2 aliphatic carbocycles. The van der Waals surface area contributed by atoms with Crippen molar-refractivity contribution in [2.45, 2.75) is 31.2 Å². The lowest BCUT2D eigenvalue weighted by atomic mass is 10.0. The number of rotatable bonds is 7. The molecule has 0 saturated heterocycles. The van der Waals surface area contributed by atoms with E-state index in [1.165, 1.54) is 31.4 Å². The van der Waals surface area contributed by atoms with Gasteiger partial charge in [0, 0.05) is 23.2 Å². The summed E-state index contributed by atoms with van der Waals surface area (Å²) in [6.45, 7) is 1.18. The van der Waals surface area contributed by atoms with Gasteiger partial charge in [-0.1, -0.05) is 54.6 Å². The molecular weight excluding hydrogens is 356 g/mol. The molecule has 3 aromatic carbocycles. The molecule has 2 saturated carbocycles. The van der Waals surface area contributed by atoms with E-state index in [0.717, 1.165) is 22.7 Å². The fraction of sp³-hybridized carbons (Fsp3) is 0.269. The van der Waals surface area contributed by atoms with E-state index in [1.54, 1.807) is 0 Å². The number of nitrogens with one attached hydrogen (secondary N) is 2. The summed E-state index contributed by atoms with van der Waals surface area (Å²) < 4.78 is 0. The van der Waals surface area contributed by atoms with E-state index in [9.17, 15) is 4.79 Å². The van der Waals surface area contributed by atoms with Gasteiger partial charge in [-0.2, -0.15) is 0 Å². The van der Waals surface area contributed by atoms with Crippen LogP contribution in [0.15, 0.2) is 78.9 Å². The fourth-order valence-corrected chi connectivity index (χ4v) is 3.89. The van der Waals surface area contributed by atoms with Crippen LogP contribution in [0, 0.1) is 5.92 Å². The highest BCUT2D eigenvalue weighted by molar-refractivity contribution is 6.04. The zero-order valence-electron chi connectivity index (χ0n) is 16.5. The maximum Gasteiger partial charge on any atom is 0.255 e. The van der Waals surface area contributed by atoms with Crippen LogP contribution in [0.1, 0.15) is 41.1 Å². The van der Waals surface area contributed by atoms with Crippen molar-refractivity contribution < 1.29 is 4.79 Å². The second-order valence-corrected chi connectivity index (χ2v) is 8.32. The molecule has 146 valence electrons. The minimum absolute atomic E-state index is 0.0761. The van der Waals surface area contributed by atoms with Crippen LogP contribution in [0.3, 0.4) is 0 Å². The van der Waals surface area contributed by atoms with Gasteiger partial charge in [0.25, 0.3) is 5.91 Å². The number of amides is 1. The van der Waals surface area contributed by atoms with E-state index in [1.807, 2.05) is 54.6 Å². The van der Waals surface area contributed by atoms with Gasteiger partial charge < -0.3 is 10.6 Å². The average molecular weight is 383 g/mol. The van der Waals surface area contributed by atoms with Gasteiger partial charge in [-0.15, -0.1) is 0 Å². The van der Waals surface area contributed by atoms with Gasteiger partial charge in [0.05, 0.1) is 0 Å². The van der Waals surface area contributed by atoms with E-state index in [-0.39, 0.29) is 5.91 Å².